The van der Waals surface area contributed by atoms with E-state index >= 15 is 0 Å². The zero-order valence-electron chi connectivity index (χ0n) is 11.5. The summed E-state index contributed by atoms with van der Waals surface area (Å²) in [6.07, 6.45) is 2.12. The third-order valence-electron chi connectivity index (χ3n) is 4.25. The van der Waals surface area contributed by atoms with Crippen LogP contribution in [0.25, 0.3) is 0 Å². The molecule has 1 saturated carbocycles. The maximum absolute atomic E-state index is 12.6. The molecule has 0 aromatic heterocycles. The molecule has 1 aliphatic carbocycles. The number of imide groups is 1. The van der Waals surface area contributed by atoms with Gasteiger partial charge >= 0.3 is 11.9 Å². The molecule has 1 fully saturated rings. The molecule has 1 radical (unpaired) electrons. The van der Waals surface area contributed by atoms with Gasteiger partial charge in [-0.15, -0.1) is 4.48 Å². The molecule has 1 aromatic rings. The van der Waals surface area contributed by atoms with Gasteiger partial charge in [0.25, 0.3) is 0 Å². The number of para-hydroxylation sites is 1. The molecule has 2 atom stereocenters. The number of hydrogen-bond donors (Lipinski definition) is 2. The molecule has 0 saturated heterocycles. The largest absolute Gasteiger partial charge is 0.426 e. The van der Waals surface area contributed by atoms with E-state index in [4.69, 9.17) is 5.73 Å². The minimum atomic E-state index is -0.596. The van der Waals surface area contributed by atoms with E-state index in [1.807, 2.05) is 31.2 Å². The molecule has 1 heterocycles. The van der Waals surface area contributed by atoms with E-state index in [0.717, 1.165) is 18.4 Å². The average molecular weight is 273 g/mol. The van der Waals surface area contributed by atoms with Gasteiger partial charge in [0, 0.05) is 23.6 Å². The number of quaternary nitrogens is 1. The van der Waals surface area contributed by atoms with Gasteiger partial charge in [-0.05, 0) is 19.8 Å². The molecule has 20 heavy (non-hydrogen) atoms. The minimum Gasteiger partial charge on any atom is -0.318 e. The van der Waals surface area contributed by atoms with Crippen LogP contribution in [0.15, 0.2) is 24.3 Å². The van der Waals surface area contributed by atoms with E-state index in [1.54, 1.807) is 0 Å². The van der Waals surface area contributed by atoms with E-state index in [2.05, 4.69) is 5.32 Å². The first-order valence-corrected chi connectivity index (χ1v) is 6.97. The number of nitrogens with zero attached hydrogens (tertiary/aromatic N) is 1. The quantitative estimate of drug-likeness (QED) is 0.808. The lowest BCUT2D eigenvalue weighted by molar-refractivity contribution is -0.124. The number of nitrogens with two attached hydrogens (primary N) is 1. The van der Waals surface area contributed by atoms with Gasteiger partial charge in [0.15, 0.2) is 12.2 Å². The van der Waals surface area contributed by atoms with Crippen molar-refractivity contribution in [1.29, 1.82) is 0 Å². The first kappa shape index (κ1) is 13.3. The molecule has 0 spiro atoms. The summed E-state index contributed by atoms with van der Waals surface area (Å²) in [5, 5.41) is 3.06. The van der Waals surface area contributed by atoms with Gasteiger partial charge < -0.3 is 5.73 Å². The standard InChI is InChI=1S/C15H18N3O2/c1-10-12-4-2-3-5-13(12)18(15(16)20,9-11-6-7-11)14(19)8-17-10/h2-5,8,10-11,17H,6-7,9H2,1H3,(H-,16,20)/p+1. The van der Waals surface area contributed by atoms with Crippen molar-refractivity contribution in [3.63, 3.8) is 0 Å². The number of hydrogen-bond acceptors (Lipinski definition) is 3. The molecule has 0 bridgehead atoms. The van der Waals surface area contributed by atoms with E-state index in [1.165, 1.54) is 6.54 Å². The van der Waals surface area contributed by atoms with Crippen LogP contribution in [0, 0.1) is 12.5 Å². The summed E-state index contributed by atoms with van der Waals surface area (Å²) in [5.41, 5.74) is 7.33. The van der Waals surface area contributed by atoms with Crippen molar-refractivity contribution in [3.05, 3.63) is 36.4 Å². The number of urea groups is 1. The summed E-state index contributed by atoms with van der Waals surface area (Å²) in [6, 6.07) is 6.95. The van der Waals surface area contributed by atoms with Gasteiger partial charge in [-0.25, -0.2) is 9.59 Å². The smallest absolute Gasteiger partial charge is 0.318 e. The summed E-state index contributed by atoms with van der Waals surface area (Å²) in [6.45, 7) is 3.84. The predicted molar refractivity (Wildman–Crippen MR) is 76.3 cm³/mol. The fourth-order valence-electron chi connectivity index (χ4n) is 2.91. The topological polar surface area (TPSA) is 72.2 Å². The summed E-state index contributed by atoms with van der Waals surface area (Å²) < 4.78 is -0.391. The van der Waals surface area contributed by atoms with Crippen LogP contribution in [0.1, 0.15) is 31.4 Å². The zero-order chi connectivity index (χ0) is 14.3. The van der Waals surface area contributed by atoms with E-state index < -0.39 is 10.5 Å². The maximum Gasteiger partial charge on any atom is 0.426 e. The fraction of sp³-hybridized carbons (Fsp3) is 0.400. The minimum absolute atomic E-state index is 0.0197. The lowest BCUT2D eigenvalue weighted by Gasteiger charge is -2.30. The Labute approximate surface area is 118 Å². The molecule has 5 heteroatoms. The van der Waals surface area contributed by atoms with Gasteiger partial charge in [0.2, 0.25) is 0 Å². The van der Waals surface area contributed by atoms with Gasteiger partial charge in [-0.1, -0.05) is 18.2 Å². The molecular weight excluding hydrogens is 254 g/mol. The van der Waals surface area contributed by atoms with Crippen LogP contribution in [0.3, 0.4) is 0 Å². The highest BCUT2D eigenvalue weighted by Crippen LogP contribution is 2.40. The van der Waals surface area contributed by atoms with E-state index in [-0.39, 0.29) is 11.9 Å². The average Bonchev–Trinajstić information content (AvgIpc) is 3.25. The molecule has 3 rings (SSSR count). The molecule has 3 N–H and O–H groups in total. The Morgan fingerprint density at radius 3 is 2.75 bits per heavy atom. The van der Waals surface area contributed by atoms with Crippen LogP contribution in [0.4, 0.5) is 10.5 Å². The zero-order valence-corrected chi connectivity index (χ0v) is 11.5. The normalized spacial score (nSPS) is 29.6. The molecule has 2 unspecified atom stereocenters. The molecule has 1 aliphatic heterocycles. The molecule has 2 aliphatic rings. The number of amides is 3. The second-order valence-electron chi connectivity index (χ2n) is 5.70. The number of rotatable bonds is 2. The van der Waals surface area contributed by atoms with E-state index in [9.17, 15) is 9.59 Å². The van der Waals surface area contributed by atoms with Crippen LogP contribution in [0.5, 0.6) is 0 Å². The summed E-state index contributed by atoms with van der Waals surface area (Å²) in [5.74, 6) is 0.127. The van der Waals surface area contributed by atoms with Crippen molar-refractivity contribution >= 4 is 17.6 Å². The lowest BCUT2D eigenvalue weighted by Crippen LogP contribution is -2.62. The van der Waals surface area contributed by atoms with Crippen LogP contribution >= 0.6 is 0 Å². The second-order valence-corrected chi connectivity index (χ2v) is 5.70. The van der Waals surface area contributed by atoms with Crippen LogP contribution in [-0.2, 0) is 4.79 Å². The van der Waals surface area contributed by atoms with Crippen LogP contribution in [0.2, 0.25) is 0 Å². The van der Waals surface area contributed by atoms with Gasteiger partial charge in [-0.3, -0.25) is 5.32 Å². The monoisotopic (exact) mass is 273 g/mol. The first-order valence-electron chi connectivity index (χ1n) is 6.97. The number of primary amides is 1. The van der Waals surface area contributed by atoms with Crippen molar-refractivity contribution < 1.29 is 9.59 Å². The summed E-state index contributed by atoms with van der Waals surface area (Å²) in [7, 11) is 0. The Kier molecular flexibility index (Phi) is 3.11. The van der Waals surface area contributed by atoms with Crippen LogP contribution < -0.4 is 15.5 Å². The van der Waals surface area contributed by atoms with Gasteiger partial charge in [-0.2, -0.15) is 0 Å². The first-order chi connectivity index (χ1) is 9.55. The highest BCUT2D eigenvalue weighted by atomic mass is 16.2. The van der Waals surface area contributed by atoms with Crippen molar-refractivity contribution in [1.82, 2.24) is 9.80 Å². The van der Waals surface area contributed by atoms with Crippen LogP contribution in [-0.4, -0.2) is 18.5 Å². The van der Waals surface area contributed by atoms with Crippen molar-refractivity contribution in [2.45, 2.75) is 25.8 Å². The summed E-state index contributed by atoms with van der Waals surface area (Å²) in [4.78, 5) is 24.8. The predicted octanol–water partition coefficient (Wildman–Crippen LogP) is 1.84. The van der Waals surface area contributed by atoms with E-state index in [0.29, 0.717) is 18.2 Å². The number of carbonyl (C=O) groups excluding carboxylic acids is 2. The van der Waals surface area contributed by atoms with Gasteiger partial charge in [0.1, 0.15) is 6.54 Å². The fourth-order valence-corrected chi connectivity index (χ4v) is 2.91. The third-order valence-corrected chi connectivity index (χ3v) is 4.25. The number of benzene rings is 1. The number of carbonyl (C=O) groups is 2. The molecule has 5 nitrogen and oxygen atoms in total. The Balaban J connectivity index is 2.20. The molecular formula is C15H19N3O2+. The van der Waals surface area contributed by atoms with Gasteiger partial charge in [0.05, 0.1) is 0 Å². The summed E-state index contributed by atoms with van der Waals surface area (Å²) >= 11 is 0. The molecule has 3 amide bonds. The highest BCUT2D eigenvalue weighted by Gasteiger charge is 2.52. The molecule has 105 valence electrons. The second kappa shape index (κ2) is 4.68. The number of fused-ring (bicyclic) bond motifs is 1. The van der Waals surface area contributed by atoms with Crippen molar-refractivity contribution in [2.75, 3.05) is 6.54 Å². The van der Waals surface area contributed by atoms with Crippen molar-refractivity contribution in [3.8, 4) is 0 Å². The maximum atomic E-state index is 12.6. The van der Waals surface area contributed by atoms with Crippen molar-refractivity contribution in [2.24, 2.45) is 11.7 Å². The number of nitrogens with one attached hydrogen (secondary N) is 1. The Morgan fingerprint density at radius 1 is 1.40 bits per heavy atom. The lowest BCUT2D eigenvalue weighted by atomic mass is 10.0. The Bertz CT molecular complexity index is 568. The highest BCUT2D eigenvalue weighted by molar-refractivity contribution is 6.11. The SMILES string of the molecule is CC1N[CH]C(=O)[N+](CC2CC2)(C(N)=O)c2ccccc21. The molecule has 1 aromatic carbocycles. The third kappa shape index (κ3) is 1.94. The Hall–Kier alpha value is -1.72. The Morgan fingerprint density at radius 2 is 2.10 bits per heavy atom.